The first-order valence-corrected chi connectivity index (χ1v) is 6.93. The van der Waals surface area contributed by atoms with Crippen LogP contribution in [0.15, 0.2) is 12.1 Å². The number of carbonyl (C=O) groups excluding carboxylic acids is 1. The molecule has 1 unspecified atom stereocenters. The predicted molar refractivity (Wildman–Crippen MR) is 79.6 cm³/mol. The number of hydrogen-bond acceptors (Lipinski definition) is 4. The second-order valence-electron chi connectivity index (χ2n) is 5.26. The fourth-order valence-corrected chi connectivity index (χ4v) is 2.48. The van der Waals surface area contributed by atoms with Gasteiger partial charge in [0.25, 0.3) is 0 Å². The number of nitrogens with two attached hydrogens (primary N) is 1. The zero-order valence-electron chi connectivity index (χ0n) is 12.1. The Morgan fingerprint density at radius 2 is 2.19 bits per heavy atom. The maximum atomic E-state index is 13.5. The third-order valence-corrected chi connectivity index (χ3v) is 3.53. The number of anilines is 1. The van der Waals surface area contributed by atoms with Gasteiger partial charge in [-0.3, -0.25) is 4.57 Å². The van der Waals surface area contributed by atoms with Gasteiger partial charge in [-0.2, -0.15) is 0 Å². The minimum Gasteiger partial charge on any atom is -0.467 e. The quantitative estimate of drug-likeness (QED) is 0.880. The van der Waals surface area contributed by atoms with Gasteiger partial charge in [0.1, 0.15) is 11.9 Å². The molecule has 0 aliphatic carbocycles. The largest absolute Gasteiger partial charge is 0.467 e. The molecule has 0 fully saturated rings. The Morgan fingerprint density at radius 1 is 1.52 bits per heavy atom. The lowest BCUT2D eigenvalue weighted by Gasteiger charge is -2.20. The van der Waals surface area contributed by atoms with Gasteiger partial charge < -0.3 is 10.5 Å². The van der Waals surface area contributed by atoms with E-state index in [2.05, 4.69) is 4.98 Å². The van der Waals surface area contributed by atoms with E-state index in [1.54, 1.807) is 4.57 Å². The van der Waals surface area contributed by atoms with Crippen molar-refractivity contribution in [1.29, 1.82) is 0 Å². The van der Waals surface area contributed by atoms with Crippen LogP contribution in [0.4, 0.5) is 10.3 Å². The number of nitrogen functional groups attached to an aromatic ring is 1. The van der Waals surface area contributed by atoms with Crippen LogP contribution in [-0.4, -0.2) is 22.6 Å². The maximum absolute atomic E-state index is 13.5. The number of esters is 1. The van der Waals surface area contributed by atoms with Gasteiger partial charge in [0.2, 0.25) is 5.95 Å². The highest BCUT2D eigenvalue weighted by molar-refractivity contribution is 6.31. The monoisotopic (exact) mass is 313 g/mol. The Bertz CT molecular complexity index is 684. The van der Waals surface area contributed by atoms with Gasteiger partial charge in [0.15, 0.2) is 0 Å². The summed E-state index contributed by atoms with van der Waals surface area (Å²) in [6.45, 7) is 3.97. The van der Waals surface area contributed by atoms with E-state index in [-0.39, 0.29) is 16.9 Å². The number of hydrogen-bond donors (Lipinski definition) is 1. The molecule has 0 aliphatic rings. The zero-order chi connectivity index (χ0) is 15.7. The summed E-state index contributed by atoms with van der Waals surface area (Å²) in [6, 6.07) is 2.00. The standard InChI is InChI=1S/C14H17ClFN3O2/c1-7(2)4-12(13(20)21-3)19-11-5-8(15)9(16)6-10(11)18-14(19)17/h5-7,12H,4H2,1-3H3,(H2,17,18). The Labute approximate surface area is 126 Å². The number of carbonyl (C=O) groups is 1. The zero-order valence-corrected chi connectivity index (χ0v) is 12.8. The molecule has 21 heavy (non-hydrogen) atoms. The summed E-state index contributed by atoms with van der Waals surface area (Å²) in [5, 5.41) is -0.0446. The molecule has 0 saturated heterocycles. The molecule has 0 bridgehead atoms. The van der Waals surface area contributed by atoms with Crippen LogP contribution < -0.4 is 5.73 Å². The molecule has 7 heteroatoms. The molecule has 2 N–H and O–H groups in total. The van der Waals surface area contributed by atoms with Crippen molar-refractivity contribution < 1.29 is 13.9 Å². The Hall–Kier alpha value is -1.82. The van der Waals surface area contributed by atoms with Crippen molar-refractivity contribution in [3.8, 4) is 0 Å². The lowest BCUT2D eigenvalue weighted by Crippen LogP contribution is -2.23. The molecular weight excluding hydrogens is 297 g/mol. The van der Waals surface area contributed by atoms with E-state index in [0.29, 0.717) is 17.5 Å². The van der Waals surface area contributed by atoms with Crippen LogP contribution in [0.2, 0.25) is 5.02 Å². The number of fused-ring (bicyclic) bond motifs is 1. The minimum atomic E-state index is -0.624. The number of nitrogens with zero attached hydrogens (tertiary/aromatic N) is 2. The lowest BCUT2D eigenvalue weighted by molar-refractivity contribution is -0.145. The smallest absolute Gasteiger partial charge is 0.328 e. The second-order valence-corrected chi connectivity index (χ2v) is 5.67. The average Bonchev–Trinajstić information content (AvgIpc) is 2.71. The number of ether oxygens (including phenoxy) is 1. The van der Waals surface area contributed by atoms with E-state index >= 15 is 0 Å². The van der Waals surface area contributed by atoms with Crippen molar-refractivity contribution >= 4 is 34.6 Å². The van der Waals surface area contributed by atoms with Gasteiger partial charge in [-0.1, -0.05) is 25.4 Å². The Balaban J connectivity index is 2.64. The molecule has 1 heterocycles. The molecule has 1 aromatic heterocycles. The fourth-order valence-electron chi connectivity index (χ4n) is 2.33. The summed E-state index contributed by atoms with van der Waals surface area (Å²) >= 11 is 5.82. The van der Waals surface area contributed by atoms with E-state index in [1.165, 1.54) is 19.2 Å². The van der Waals surface area contributed by atoms with E-state index in [9.17, 15) is 9.18 Å². The number of halogens is 2. The van der Waals surface area contributed by atoms with Gasteiger partial charge in [-0.25, -0.2) is 14.2 Å². The van der Waals surface area contributed by atoms with Crippen LogP contribution in [0, 0.1) is 11.7 Å². The Morgan fingerprint density at radius 3 is 2.76 bits per heavy atom. The van der Waals surface area contributed by atoms with Crippen LogP contribution in [0.1, 0.15) is 26.3 Å². The molecule has 0 aliphatic heterocycles. The van der Waals surface area contributed by atoms with E-state index in [4.69, 9.17) is 22.1 Å². The van der Waals surface area contributed by atoms with Gasteiger partial charge in [-0.05, 0) is 18.4 Å². The number of imidazole rings is 1. The van der Waals surface area contributed by atoms with Crippen molar-refractivity contribution in [3.05, 3.63) is 23.0 Å². The Kier molecular flexibility index (Phi) is 4.37. The number of rotatable bonds is 4. The fraction of sp³-hybridized carbons (Fsp3) is 0.429. The van der Waals surface area contributed by atoms with Crippen molar-refractivity contribution in [3.63, 3.8) is 0 Å². The molecule has 114 valence electrons. The van der Waals surface area contributed by atoms with Crippen LogP contribution in [0.5, 0.6) is 0 Å². The van der Waals surface area contributed by atoms with E-state index in [1.807, 2.05) is 13.8 Å². The van der Waals surface area contributed by atoms with Crippen LogP contribution in [-0.2, 0) is 9.53 Å². The molecule has 1 aromatic carbocycles. The molecule has 0 saturated carbocycles. The van der Waals surface area contributed by atoms with Crippen molar-refractivity contribution in [1.82, 2.24) is 9.55 Å². The van der Waals surface area contributed by atoms with Gasteiger partial charge in [0, 0.05) is 6.07 Å². The van der Waals surface area contributed by atoms with Crippen molar-refractivity contribution in [2.24, 2.45) is 5.92 Å². The number of aromatic nitrogens is 2. The van der Waals surface area contributed by atoms with Gasteiger partial charge >= 0.3 is 5.97 Å². The molecule has 0 spiro atoms. The van der Waals surface area contributed by atoms with Crippen LogP contribution in [0.3, 0.4) is 0 Å². The van der Waals surface area contributed by atoms with E-state index in [0.717, 1.165) is 0 Å². The molecule has 2 rings (SSSR count). The number of benzene rings is 1. The van der Waals surface area contributed by atoms with E-state index < -0.39 is 17.8 Å². The molecule has 0 radical (unpaired) electrons. The van der Waals surface area contributed by atoms with Crippen LogP contribution >= 0.6 is 11.6 Å². The molecular formula is C14H17ClFN3O2. The predicted octanol–water partition coefficient (Wildman–Crippen LogP) is 3.17. The topological polar surface area (TPSA) is 70.1 Å². The summed E-state index contributed by atoms with van der Waals surface area (Å²) in [6.07, 6.45) is 0.525. The first-order chi connectivity index (χ1) is 9.85. The maximum Gasteiger partial charge on any atom is 0.328 e. The highest BCUT2D eigenvalue weighted by Crippen LogP contribution is 2.30. The first-order valence-electron chi connectivity index (χ1n) is 6.55. The van der Waals surface area contributed by atoms with Crippen LogP contribution in [0.25, 0.3) is 11.0 Å². The molecule has 5 nitrogen and oxygen atoms in total. The third-order valence-electron chi connectivity index (χ3n) is 3.24. The van der Waals surface area contributed by atoms with Crippen molar-refractivity contribution in [2.45, 2.75) is 26.3 Å². The van der Waals surface area contributed by atoms with Gasteiger partial charge in [0.05, 0.1) is 23.2 Å². The normalized spacial score (nSPS) is 12.9. The highest BCUT2D eigenvalue weighted by Gasteiger charge is 2.27. The SMILES string of the molecule is COC(=O)C(CC(C)C)n1c(N)nc2cc(F)c(Cl)cc21. The summed E-state index contributed by atoms with van der Waals surface area (Å²) < 4.78 is 19.9. The van der Waals surface area contributed by atoms with Crippen molar-refractivity contribution in [2.75, 3.05) is 12.8 Å². The van der Waals surface area contributed by atoms with Gasteiger partial charge in [-0.15, -0.1) is 0 Å². The third kappa shape index (κ3) is 2.95. The first kappa shape index (κ1) is 15.6. The molecule has 0 amide bonds. The summed E-state index contributed by atoms with van der Waals surface area (Å²) in [4.78, 5) is 16.2. The second kappa shape index (κ2) is 5.89. The average molecular weight is 314 g/mol. The highest BCUT2D eigenvalue weighted by atomic mass is 35.5. The number of methoxy groups -OCH3 is 1. The molecule has 1 atom stereocenters. The minimum absolute atomic E-state index is 0.0446. The summed E-state index contributed by atoms with van der Waals surface area (Å²) in [7, 11) is 1.32. The molecule has 2 aromatic rings. The summed E-state index contributed by atoms with van der Waals surface area (Å²) in [5.74, 6) is -0.632. The summed E-state index contributed by atoms with van der Waals surface area (Å²) in [5.41, 5.74) is 6.76. The lowest BCUT2D eigenvalue weighted by atomic mass is 10.0.